The van der Waals surface area contributed by atoms with Crippen molar-refractivity contribution in [3.05, 3.63) is 24.3 Å². The van der Waals surface area contributed by atoms with Gasteiger partial charge in [-0.1, -0.05) is 6.07 Å². The Morgan fingerprint density at radius 2 is 2.00 bits per heavy atom. The van der Waals surface area contributed by atoms with E-state index in [1.807, 2.05) is 0 Å². The topological polar surface area (TPSA) is 67.4 Å². The first-order valence-electron chi connectivity index (χ1n) is 5.91. The van der Waals surface area contributed by atoms with Crippen molar-refractivity contribution in [3.63, 3.8) is 0 Å². The summed E-state index contributed by atoms with van der Waals surface area (Å²) in [6, 6.07) is 7.08. The van der Waals surface area contributed by atoms with Crippen LogP contribution in [0, 0.1) is 5.92 Å². The number of nitrogens with one attached hydrogen (secondary N) is 2. The van der Waals surface area contributed by atoms with Gasteiger partial charge in [-0.15, -0.1) is 0 Å². The molecule has 2 N–H and O–H groups in total. The Hall–Kier alpha value is -1.88. The normalized spacial score (nSPS) is 18.4. The Kier molecular flexibility index (Phi) is 3.94. The van der Waals surface area contributed by atoms with Crippen LogP contribution in [0.5, 0.6) is 0 Å². The number of hydrogen-bond acceptors (Lipinski definition) is 3. The molecule has 0 saturated carbocycles. The number of rotatable bonds is 3. The van der Waals surface area contributed by atoms with E-state index < -0.39 is 0 Å². The lowest BCUT2D eigenvalue weighted by atomic mass is 10.1. The highest BCUT2D eigenvalue weighted by molar-refractivity contribution is 5.94. The second kappa shape index (κ2) is 5.64. The summed E-state index contributed by atoms with van der Waals surface area (Å²) in [6.45, 7) is 2.57. The Morgan fingerprint density at radius 3 is 2.61 bits per heavy atom. The van der Waals surface area contributed by atoms with E-state index in [9.17, 15) is 9.59 Å². The maximum Gasteiger partial charge on any atom is 0.229 e. The van der Waals surface area contributed by atoms with Crippen LogP contribution < -0.4 is 10.6 Å². The smallest absolute Gasteiger partial charge is 0.229 e. The molecule has 1 aromatic carbocycles. The molecular weight excluding hydrogens is 232 g/mol. The first kappa shape index (κ1) is 12.6. The number of carbonyl (C=O) groups is 2. The summed E-state index contributed by atoms with van der Waals surface area (Å²) in [5, 5.41) is 5.50. The molecule has 1 fully saturated rings. The largest absolute Gasteiger partial charge is 0.381 e. The Labute approximate surface area is 106 Å². The van der Waals surface area contributed by atoms with Crippen molar-refractivity contribution in [1.29, 1.82) is 0 Å². The molecule has 5 heteroatoms. The molecule has 1 aliphatic rings. The second-order valence-electron chi connectivity index (χ2n) is 4.31. The van der Waals surface area contributed by atoms with Gasteiger partial charge < -0.3 is 15.4 Å². The predicted octanol–water partition coefficient (Wildman–Crippen LogP) is 1.62. The lowest BCUT2D eigenvalue weighted by molar-refractivity contribution is -0.119. The quantitative estimate of drug-likeness (QED) is 0.854. The molecule has 1 unspecified atom stereocenters. The zero-order chi connectivity index (χ0) is 13.0. The summed E-state index contributed by atoms with van der Waals surface area (Å²) in [7, 11) is 0. The van der Waals surface area contributed by atoms with Crippen LogP contribution in [0.25, 0.3) is 0 Å². The van der Waals surface area contributed by atoms with Gasteiger partial charge in [0.05, 0.1) is 12.5 Å². The number of benzene rings is 1. The molecular formula is C13H16N2O3. The van der Waals surface area contributed by atoms with E-state index in [1.54, 1.807) is 24.3 Å². The standard InChI is InChI=1S/C13H16N2O3/c1-9(16)14-11-3-2-4-12(7-11)15-13(17)10-5-6-18-8-10/h2-4,7,10H,5-6,8H2,1H3,(H,14,16)(H,15,17). The lowest BCUT2D eigenvalue weighted by Gasteiger charge is -2.10. The first-order valence-corrected chi connectivity index (χ1v) is 5.91. The third-order valence-corrected chi connectivity index (χ3v) is 2.75. The molecule has 1 saturated heterocycles. The van der Waals surface area contributed by atoms with Crippen molar-refractivity contribution >= 4 is 23.2 Å². The van der Waals surface area contributed by atoms with E-state index in [1.165, 1.54) is 6.92 Å². The van der Waals surface area contributed by atoms with Gasteiger partial charge in [-0.2, -0.15) is 0 Å². The summed E-state index contributed by atoms with van der Waals surface area (Å²) in [6.07, 6.45) is 0.761. The Balaban J connectivity index is 2.00. The highest BCUT2D eigenvalue weighted by atomic mass is 16.5. The van der Waals surface area contributed by atoms with Gasteiger partial charge in [0.25, 0.3) is 0 Å². The van der Waals surface area contributed by atoms with Crippen LogP contribution in [-0.4, -0.2) is 25.0 Å². The molecule has 0 aliphatic carbocycles. The third-order valence-electron chi connectivity index (χ3n) is 2.75. The zero-order valence-corrected chi connectivity index (χ0v) is 10.2. The summed E-state index contributed by atoms with van der Waals surface area (Å²) in [5.74, 6) is -0.246. The van der Waals surface area contributed by atoms with Crippen molar-refractivity contribution in [3.8, 4) is 0 Å². The number of anilines is 2. The molecule has 96 valence electrons. The predicted molar refractivity (Wildman–Crippen MR) is 68.3 cm³/mol. The van der Waals surface area contributed by atoms with E-state index in [4.69, 9.17) is 4.74 Å². The lowest BCUT2D eigenvalue weighted by Crippen LogP contribution is -2.22. The van der Waals surface area contributed by atoms with Crippen LogP contribution >= 0.6 is 0 Å². The van der Waals surface area contributed by atoms with Crippen molar-refractivity contribution in [2.45, 2.75) is 13.3 Å². The van der Waals surface area contributed by atoms with E-state index in [0.29, 0.717) is 24.6 Å². The molecule has 2 amide bonds. The highest BCUT2D eigenvalue weighted by Crippen LogP contribution is 2.18. The fourth-order valence-corrected chi connectivity index (χ4v) is 1.86. The third kappa shape index (κ3) is 3.30. The average Bonchev–Trinajstić information content (AvgIpc) is 2.81. The van der Waals surface area contributed by atoms with Gasteiger partial charge >= 0.3 is 0 Å². The summed E-state index contributed by atoms with van der Waals surface area (Å²) in [5.41, 5.74) is 1.35. The van der Waals surface area contributed by atoms with Gasteiger partial charge in [0.1, 0.15) is 0 Å². The van der Waals surface area contributed by atoms with Crippen molar-refractivity contribution < 1.29 is 14.3 Å². The van der Waals surface area contributed by atoms with Crippen molar-refractivity contribution in [1.82, 2.24) is 0 Å². The van der Waals surface area contributed by atoms with Gasteiger partial charge in [-0.3, -0.25) is 9.59 Å². The molecule has 18 heavy (non-hydrogen) atoms. The van der Waals surface area contributed by atoms with Crippen LogP contribution in [0.1, 0.15) is 13.3 Å². The van der Waals surface area contributed by atoms with Crippen molar-refractivity contribution in [2.75, 3.05) is 23.8 Å². The molecule has 1 atom stereocenters. The minimum absolute atomic E-state index is 0.0347. The summed E-state index contributed by atoms with van der Waals surface area (Å²) in [4.78, 5) is 22.8. The SMILES string of the molecule is CC(=O)Nc1cccc(NC(=O)C2CCOC2)c1. The van der Waals surface area contributed by atoms with Crippen LogP contribution in [0.3, 0.4) is 0 Å². The molecule has 1 aliphatic heterocycles. The molecule has 0 radical (unpaired) electrons. The van der Waals surface area contributed by atoms with Gasteiger partial charge in [0.15, 0.2) is 0 Å². The highest BCUT2D eigenvalue weighted by Gasteiger charge is 2.23. The summed E-state index contributed by atoms with van der Waals surface area (Å²) < 4.78 is 5.17. The molecule has 2 rings (SSSR count). The summed E-state index contributed by atoms with van der Waals surface area (Å²) >= 11 is 0. The molecule has 0 bridgehead atoms. The molecule has 0 aromatic heterocycles. The number of hydrogen-bond donors (Lipinski definition) is 2. The van der Waals surface area contributed by atoms with E-state index in [0.717, 1.165) is 6.42 Å². The van der Waals surface area contributed by atoms with Gasteiger partial charge in [-0.05, 0) is 24.6 Å². The molecule has 1 heterocycles. The monoisotopic (exact) mass is 248 g/mol. The van der Waals surface area contributed by atoms with Crippen LogP contribution in [0.4, 0.5) is 11.4 Å². The minimum atomic E-state index is -0.136. The number of ether oxygens (including phenoxy) is 1. The van der Waals surface area contributed by atoms with Crippen LogP contribution in [0.15, 0.2) is 24.3 Å². The van der Waals surface area contributed by atoms with Crippen LogP contribution in [-0.2, 0) is 14.3 Å². The van der Waals surface area contributed by atoms with E-state index >= 15 is 0 Å². The first-order chi connectivity index (χ1) is 8.65. The fourth-order valence-electron chi connectivity index (χ4n) is 1.86. The van der Waals surface area contributed by atoms with E-state index in [2.05, 4.69) is 10.6 Å². The van der Waals surface area contributed by atoms with Gasteiger partial charge in [0, 0.05) is 24.9 Å². The van der Waals surface area contributed by atoms with Crippen molar-refractivity contribution in [2.24, 2.45) is 5.92 Å². The maximum absolute atomic E-state index is 11.9. The molecule has 5 nitrogen and oxygen atoms in total. The van der Waals surface area contributed by atoms with E-state index in [-0.39, 0.29) is 17.7 Å². The number of carbonyl (C=O) groups excluding carboxylic acids is 2. The second-order valence-corrected chi connectivity index (χ2v) is 4.31. The Morgan fingerprint density at radius 1 is 1.28 bits per heavy atom. The molecule has 1 aromatic rings. The molecule has 0 spiro atoms. The fraction of sp³-hybridized carbons (Fsp3) is 0.385. The maximum atomic E-state index is 11.9. The average molecular weight is 248 g/mol. The van der Waals surface area contributed by atoms with Crippen LogP contribution in [0.2, 0.25) is 0 Å². The number of amides is 2. The zero-order valence-electron chi connectivity index (χ0n) is 10.2. The Bertz CT molecular complexity index is 453. The van der Waals surface area contributed by atoms with Gasteiger partial charge in [-0.25, -0.2) is 0 Å². The van der Waals surface area contributed by atoms with Gasteiger partial charge in [0.2, 0.25) is 11.8 Å². The minimum Gasteiger partial charge on any atom is -0.381 e.